The normalized spacial score (nSPS) is 20.1. The first-order valence-corrected chi connectivity index (χ1v) is 6.94. The van der Waals surface area contributed by atoms with Crippen LogP contribution in [0.15, 0.2) is 30.1 Å². The van der Waals surface area contributed by atoms with Gasteiger partial charge < -0.3 is 15.4 Å². The Morgan fingerprint density at radius 2 is 2.29 bits per heavy atom. The van der Waals surface area contributed by atoms with E-state index in [0.29, 0.717) is 24.7 Å². The second-order valence-electron chi connectivity index (χ2n) is 4.86. The van der Waals surface area contributed by atoms with Crippen molar-refractivity contribution in [2.75, 3.05) is 13.2 Å². The van der Waals surface area contributed by atoms with Gasteiger partial charge >= 0.3 is 0 Å². The number of hydrogen-bond donors (Lipinski definition) is 1. The van der Waals surface area contributed by atoms with Crippen molar-refractivity contribution in [2.24, 2.45) is 5.73 Å². The van der Waals surface area contributed by atoms with E-state index in [9.17, 15) is 4.39 Å². The maximum absolute atomic E-state index is 13.3. The van der Waals surface area contributed by atoms with E-state index in [1.807, 2.05) is 4.90 Å². The van der Waals surface area contributed by atoms with Crippen LogP contribution in [0.25, 0.3) is 0 Å². The Bertz CT molecular complexity index is 581. The third kappa shape index (κ3) is 3.12. The number of fused-ring (bicyclic) bond motifs is 1. The molecule has 2 aliphatic rings. The van der Waals surface area contributed by atoms with Crippen molar-refractivity contribution in [3.05, 3.63) is 41.5 Å². The fraction of sp³-hybridized carbons (Fsp3) is 0.357. The van der Waals surface area contributed by atoms with E-state index in [1.54, 1.807) is 12.3 Å². The Morgan fingerprint density at radius 1 is 1.48 bits per heavy atom. The molecule has 0 saturated carbocycles. The third-order valence-electron chi connectivity index (χ3n) is 3.51. The number of thiocarbonyl (C=S) groups is 1. The molecule has 1 atom stereocenters. The van der Waals surface area contributed by atoms with Crippen LogP contribution in [0.2, 0.25) is 0 Å². The molecule has 0 amide bonds. The first-order chi connectivity index (χ1) is 9.69. The summed E-state index contributed by atoms with van der Waals surface area (Å²) in [4.78, 5) is 1.98. The van der Waals surface area contributed by atoms with Crippen molar-refractivity contribution in [2.45, 2.75) is 18.9 Å². The standard InChI is InChI=1S/C14H15FN3OS.ClH/c15-10-1-2-13-9(5-10)6-12(8-19-13)18-11(3-4-16)7-17-14(18)20;/h1-2,5,7,12H,3-4,6,8,16H2;1H/t12-;/m1./s1. The highest BCUT2D eigenvalue weighted by Gasteiger charge is 2.32. The minimum absolute atomic E-state index is 0. The van der Waals surface area contributed by atoms with Crippen LogP contribution in [-0.2, 0) is 6.42 Å². The molecule has 1 aromatic rings. The van der Waals surface area contributed by atoms with Crippen molar-refractivity contribution in [3.63, 3.8) is 0 Å². The van der Waals surface area contributed by atoms with Gasteiger partial charge in [0.05, 0.1) is 6.04 Å². The molecule has 0 aromatic heterocycles. The highest BCUT2D eigenvalue weighted by molar-refractivity contribution is 7.80. The van der Waals surface area contributed by atoms with Gasteiger partial charge in [-0.05, 0) is 42.5 Å². The summed E-state index contributed by atoms with van der Waals surface area (Å²) in [6.07, 6.45) is 3.16. The zero-order chi connectivity index (χ0) is 14.1. The smallest absolute Gasteiger partial charge is 0.200 e. The van der Waals surface area contributed by atoms with Crippen molar-refractivity contribution in [1.29, 1.82) is 0 Å². The van der Waals surface area contributed by atoms with Crippen molar-refractivity contribution >= 4 is 29.7 Å². The minimum Gasteiger partial charge on any atom is -0.491 e. The molecule has 4 nitrogen and oxygen atoms in total. The zero-order valence-electron chi connectivity index (χ0n) is 11.3. The number of nitrogens with zero attached hydrogens (tertiary/aromatic N) is 2. The number of nitrogens with two attached hydrogens (primary N) is 1. The molecule has 0 unspecified atom stereocenters. The lowest BCUT2D eigenvalue weighted by atomic mass is 10.0. The van der Waals surface area contributed by atoms with Crippen LogP contribution in [0, 0.1) is 5.82 Å². The van der Waals surface area contributed by atoms with E-state index in [-0.39, 0.29) is 24.3 Å². The number of rotatable bonds is 3. The highest BCUT2D eigenvalue weighted by Crippen LogP contribution is 2.30. The topological polar surface area (TPSA) is 52.6 Å². The number of benzene rings is 1. The molecule has 1 radical (unpaired) electrons. The van der Waals surface area contributed by atoms with Gasteiger partial charge in [-0.25, -0.2) is 9.71 Å². The van der Waals surface area contributed by atoms with Gasteiger partial charge in [0, 0.05) is 24.7 Å². The van der Waals surface area contributed by atoms with Gasteiger partial charge in [0.15, 0.2) is 5.11 Å². The van der Waals surface area contributed by atoms with E-state index in [2.05, 4.69) is 5.32 Å². The Labute approximate surface area is 134 Å². The molecule has 0 bridgehead atoms. The van der Waals surface area contributed by atoms with Crippen molar-refractivity contribution < 1.29 is 9.13 Å². The first-order valence-electron chi connectivity index (χ1n) is 6.53. The van der Waals surface area contributed by atoms with Crippen LogP contribution in [0.3, 0.4) is 0 Å². The molecule has 0 saturated heterocycles. The summed E-state index contributed by atoms with van der Waals surface area (Å²) in [5, 5.41) is 4.71. The number of halogens is 2. The maximum atomic E-state index is 13.3. The quantitative estimate of drug-likeness (QED) is 0.862. The molecule has 1 aromatic carbocycles. The Morgan fingerprint density at radius 3 is 3.05 bits per heavy atom. The van der Waals surface area contributed by atoms with Crippen molar-refractivity contribution in [1.82, 2.24) is 10.2 Å². The van der Waals surface area contributed by atoms with Gasteiger partial charge in [0.1, 0.15) is 18.2 Å². The van der Waals surface area contributed by atoms with Crippen LogP contribution in [0.4, 0.5) is 4.39 Å². The molecular formula is C14H16ClFN3OS. The molecule has 113 valence electrons. The lowest BCUT2D eigenvalue weighted by Crippen LogP contribution is -2.44. The van der Waals surface area contributed by atoms with Crippen LogP contribution in [0.5, 0.6) is 5.75 Å². The lowest BCUT2D eigenvalue weighted by Gasteiger charge is -2.34. The van der Waals surface area contributed by atoms with Gasteiger partial charge in [-0.15, -0.1) is 12.4 Å². The van der Waals surface area contributed by atoms with Gasteiger partial charge in [-0.3, -0.25) is 0 Å². The molecule has 0 fully saturated rings. The van der Waals surface area contributed by atoms with E-state index in [1.165, 1.54) is 12.1 Å². The monoisotopic (exact) mass is 328 g/mol. The number of hydrogen-bond acceptors (Lipinski definition) is 3. The van der Waals surface area contributed by atoms with Crippen LogP contribution in [0.1, 0.15) is 12.0 Å². The van der Waals surface area contributed by atoms with Crippen LogP contribution < -0.4 is 15.8 Å². The zero-order valence-corrected chi connectivity index (χ0v) is 12.9. The Hall–Kier alpha value is -1.37. The van der Waals surface area contributed by atoms with E-state index in [0.717, 1.165) is 23.4 Å². The minimum atomic E-state index is -0.251. The molecule has 7 heteroatoms. The molecule has 0 spiro atoms. The average molecular weight is 329 g/mol. The first kappa shape index (κ1) is 16.0. The molecule has 21 heavy (non-hydrogen) atoms. The molecular weight excluding hydrogens is 313 g/mol. The third-order valence-corrected chi connectivity index (χ3v) is 3.82. The summed E-state index contributed by atoms with van der Waals surface area (Å²) >= 11 is 5.27. The average Bonchev–Trinajstić information content (AvgIpc) is 2.79. The summed E-state index contributed by atoms with van der Waals surface area (Å²) < 4.78 is 19.0. The fourth-order valence-corrected chi connectivity index (χ4v) is 2.93. The molecule has 3 rings (SSSR count). The second-order valence-corrected chi connectivity index (χ2v) is 5.23. The largest absolute Gasteiger partial charge is 0.491 e. The summed E-state index contributed by atoms with van der Waals surface area (Å²) in [6.45, 7) is 1.05. The predicted octanol–water partition coefficient (Wildman–Crippen LogP) is 1.95. The molecule has 2 N–H and O–H groups in total. The maximum Gasteiger partial charge on any atom is 0.200 e. The second kappa shape index (κ2) is 6.60. The van der Waals surface area contributed by atoms with Gasteiger partial charge in [-0.2, -0.15) is 0 Å². The number of ether oxygens (including phenoxy) is 1. The van der Waals surface area contributed by atoms with Crippen LogP contribution in [-0.4, -0.2) is 29.2 Å². The Kier molecular flexibility index (Phi) is 5.03. The van der Waals surface area contributed by atoms with E-state index < -0.39 is 0 Å². The van der Waals surface area contributed by atoms with Crippen molar-refractivity contribution in [3.8, 4) is 5.75 Å². The van der Waals surface area contributed by atoms with Crippen LogP contribution >= 0.6 is 24.6 Å². The highest BCUT2D eigenvalue weighted by atomic mass is 35.5. The van der Waals surface area contributed by atoms with E-state index in [4.69, 9.17) is 22.7 Å². The molecule has 2 aliphatic heterocycles. The SMILES string of the molecule is Cl.NCCC1=C[N]C(=S)N1[C@H]1COc2ccc(F)cc2C1. The summed E-state index contributed by atoms with van der Waals surface area (Å²) in [5.74, 6) is 0.494. The summed E-state index contributed by atoms with van der Waals surface area (Å²) in [5.41, 5.74) is 7.48. The summed E-state index contributed by atoms with van der Waals surface area (Å²) in [6, 6.07) is 4.64. The lowest BCUT2D eigenvalue weighted by molar-refractivity contribution is 0.196. The fourth-order valence-electron chi connectivity index (χ4n) is 2.61. The van der Waals surface area contributed by atoms with Gasteiger partial charge in [0.25, 0.3) is 0 Å². The predicted molar refractivity (Wildman–Crippen MR) is 85.0 cm³/mol. The van der Waals surface area contributed by atoms with Gasteiger partial charge in [0.2, 0.25) is 0 Å². The summed E-state index contributed by atoms with van der Waals surface area (Å²) in [7, 11) is 0. The molecule has 2 heterocycles. The molecule has 0 aliphatic carbocycles. The van der Waals surface area contributed by atoms with Gasteiger partial charge in [-0.1, -0.05) is 0 Å². The Balaban J connectivity index is 0.00000161. The van der Waals surface area contributed by atoms with E-state index >= 15 is 0 Å².